The number of halogens is 9. The van der Waals surface area contributed by atoms with E-state index in [0.29, 0.717) is 17.7 Å². The number of alkyl halides is 7. The van der Waals surface area contributed by atoms with Crippen LogP contribution in [-0.2, 0) is 5.67 Å². The molecule has 0 N–H and O–H groups in total. The van der Waals surface area contributed by atoms with E-state index in [4.69, 9.17) is 0 Å². The van der Waals surface area contributed by atoms with Crippen molar-refractivity contribution in [3.8, 4) is 0 Å². The fourth-order valence-electron chi connectivity index (χ4n) is 1.33. The van der Waals surface area contributed by atoms with Crippen LogP contribution in [-0.4, -0.2) is 12.4 Å². The highest BCUT2D eigenvalue weighted by atomic mass is 79.9. The predicted octanol–water partition coefficient (Wildman–Crippen LogP) is 5.81. The maximum absolute atomic E-state index is 13.7. The lowest BCUT2D eigenvalue weighted by Gasteiger charge is -2.30. The van der Waals surface area contributed by atoms with Crippen molar-refractivity contribution in [1.82, 2.24) is 0 Å². The normalized spacial score (nSPS) is 13.8. The molecule has 0 saturated carbocycles. The molecular formula is C10H5Br2F7. The van der Waals surface area contributed by atoms with Gasteiger partial charge in [0.2, 0.25) is 0 Å². The average Bonchev–Trinajstić information content (AvgIpc) is 2.20. The van der Waals surface area contributed by atoms with Gasteiger partial charge in [-0.05, 0) is 24.6 Å². The van der Waals surface area contributed by atoms with Crippen molar-refractivity contribution in [2.75, 3.05) is 0 Å². The van der Waals surface area contributed by atoms with Crippen molar-refractivity contribution < 1.29 is 30.7 Å². The fourth-order valence-corrected chi connectivity index (χ4v) is 2.52. The molecule has 0 fully saturated rings. The quantitative estimate of drug-likeness (QED) is 0.506. The lowest BCUT2D eigenvalue weighted by atomic mass is 9.93. The molecule has 0 saturated heterocycles. The summed E-state index contributed by atoms with van der Waals surface area (Å²) < 4.78 is 88.8. The summed E-state index contributed by atoms with van der Waals surface area (Å²) in [5.41, 5.74) is -6.59. The van der Waals surface area contributed by atoms with E-state index in [1.807, 2.05) is 0 Å². The third-order valence-corrected chi connectivity index (χ3v) is 4.11. The van der Waals surface area contributed by atoms with Crippen LogP contribution >= 0.6 is 31.9 Å². The number of hydrogen-bond acceptors (Lipinski definition) is 0. The van der Waals surface area contributed by atoms with Crippen molar-refractivity contribution >= 4 is 31.9 Å². The molecule has 0 spiro atoms. The molecule has 0 nitrogen and oxygen atoms in total. The molecule has 0 heterocycles. The Labute approximate surface area is 120 Å². The van der Waals surface area contributed by atoms with Crippen LogP contribution in [0.25, 0.3) is 0 Å². The first-order valence-corrected chi connectivity index (χ1v) is 6.19. The Kier molecular flexibility index (Phi) is 4.32. The zero-order valence-electron chi connectivity index (χ0n) is 9.06. The van der Waals surface area contributed by atoms with Gasteiger partial charge in [-0.1, -0.05) is 31.9 Å². The average molecular weight is 418 g/mol. The molecule has 19 heavy (non-hydrogen) atoms. The lowest BCUT2D eigenvalue weighted by molar-refractivity contribution is -0.348. The smallest absolute Gasteiger partial charge is 0.218 e. The molecule has 1 aromatic carbocycles. The minimum absolute atomic E-state index is 0.0626. The zero-order valence-corrected chi connectivity index (χ0v) is 12.2. The second kappa shape index (κ2) is 4.91. The molecule has 0 bridgehead atoms. The van der Waals surface area contributed by atoms with Gasteiger partial charge >= 0.3 is 18.0 Å². The highest BCUT2D eigenvalue weighted by molar-refractivity contribution is 9.11. The van der Waals surface area contributed by atoms with Gasteiger partial charge in [-0.3, -0.25) is 0 Å². The van der Waals surface area contributed by atoms with Gasteiger partial charge in [0.15, 0.2) is 0 Å². The van der Waals surface area contributed by atoms with Crippen LogP contribution in [0.5, 0.6) is 0 Å². The summed E-state index contributed by atoms with van der Waals surface area (Å²) in [7, 11) is 0. The van der Waals surface area contributed by atoms with E-state index in [1.165, 1.54) is 6.92 Å². The summed E-state index contributed by atoms with van der Waals surface area (Å²) in [6.07, 6.45) is -12.2. The summed E-state index contributed by atoms with van der Waals surface area (Å²) in [6, 6.07) is 0.947. The molecule has 0 atom stereocenters. The van der Waals surface area contributed by atoms with Crippen LogP contribution in [0.2, 0.25) is 0 Å². The van der Waals surface area contributed by atoms with Crippen LogP contribution < -0.4 is 0 Å². The van der Waals surface area contributed by atoms with Gasteiger partial charge in [-0.2, -0.15) is 26.3 Å². The van der Waals surface area contributed by atoms with Gasteiger partial charge in [-0.15, -0.1) is 0 Å². The van der Waals surface area contributed by atoms with Gasteiger partial charge in [0, 0.05) is 14.5 Å². The van der Waals surface area contributed by atoms with Crippen LogP contribution in [0.1, 0.15) is 11.1 Å². The van der Waals surface area contributed by atoms with Crippen LogP contribution in [0, 0.1) is 6.92 Å². The topological polar surface area (TPSA) is 0 Å². The first-order valence-electron chi connectivity index (χ1n) is 4.61. The maximum Gasteiger partial charge on any atom is 0.435 e. The van der Waals surface area contributed by atoms with E-state index < -0.39 is 23.6 Å². The molecular weight excluding hydrogens is 413 g/mol. The van der Waals surface area contributed by atoms with Crippen molar-refractivity contribution in [2.24, 2.45) is 0 Å². The highest BCUT2D eigenvalue weighted by Crippen LogP contribution is 2.54. The van der Waals surface area contributed by atoms with E-state index in [0.717, 1.165) is 0 Å². The Morgan fingerprint density at radius 1 is 0.789 bits per heavy atom. The predicted molar refractivity (Wildman–Crippen MR) is 61.5 cm³/mol. The monoisotopic (exact) mass is 416 g/mol. The van der Waals surface area contributed by atoms with Crippen LogP contribution in [0.15, 0.2) is 21.1 Å². The number of rotatable bonds is 1. The van der Waals surface area contributed by atoms with Gasteiger partial charge < -0.3 is 0 Å². The molecule has 9 heteroatoms. The first kappa shape index (κ1) is 16.7. The van der Waals surface area contributed by atoms with Crippen molar-refractivity contribution in [3.05, 3.63) is 32.2 Å². The van der Waals surface area contributed by atoms with Crippen LogP contribution in [0.3, 0.4) is 0 Å². The first-order chi connectivity index (χ1) is 8.32. The molecule has 0 unspecified atom stereocenters. The molecule has 0 aliphatic heterocycles. The Morgan fingerprint density at radius 3 is 1.37 bits per heavy atom. The third-order valence-electron chi connectivity index (χ3n) is 2.46. The minimum Gasteiger partial charge on any atom is -0.218 e. The Balaban J connectivity index is 3.62. The van der Waals surface area contributed by atoms with E-state index in [2.05, 4.69) is 31.9 Å². The molecule has 0 amide bonds. The van der Waals surface area contributed by atoms with Gasteiger partial charge in [0.25, 0.3) is 0 Å². The molecule has 1 aromatic rings. The lowest BCUT2D eigenvalue weighted by Crippen LogP contribution is -2.50. The van der Waals surface area contributed by atoms with Gasteiger partial charge in [-0.25, -0.2) is 4.39 Å². The summed E-state index contributed by atoms with van der Waals surface area (Å²) in [5.74, 6) is 0. The maximum atomic E-state index is 13.7. The summed E-state index contributed by atoms with van der Waals surface area (Å²) in [5, 5.41) is 0. The van der Waals surface area contributed by atoms with Crippen LogP contribution in [0.4, 0.5) is 30.7 Å². The van der Waals surface area contributed by atoms with Crippen molar-refractivity contribution in [3.63, 3.8) is 0 Å². The molecule has 108 valence electrons. The Bertz CT molecular complexity index is 453. The Hall–Kier alpha value is -0.310. The molecule has 0 aliphatic carbocycles. The van der Waals surface area contributed by atoms with E-state index in [9.17, 15) is 30.7 Å². The molecule has 0 radical (unpaired) electrons. The summed E-state index contributed by atoms with van der Waals surface area (Å²) >= 11 is 5.58. The largest absolute Gasteiger partial charge is 0.435 e. The minimum atomic E-state index is -6.11. The molecule has 1 rings (SSSR count). The Morgan fingerprint density at radius 2 is 1.11 bits per heavy atom. The molecule has 0 aliphatic rings. The number of hydrogen-bond donors (Lipinski definition) is 0. The van der Waals surface area contributed by atoms with Crippen molar-refractivity contribution in [1.29, 1.82) is 0 Å². The second-order valence-electron chi connectivity index (χ2n) is 3.72. The second-order valence-corrected chi connectivity index (χ2v) is 5.43. The third kappa shape index (κ3) is 2.76. The fraction of sp³-hybridized carbons (Fsp3) is 0.400. The van der Waals surface area contributed by atoms with E-state index in [-0.39, 0.29) is 8.95 Å². The van der Waals surface area contributed by atoms with E-state index >= 15 is 0 Å². The van der Waals surface area contributed by atoms with Gasteiger partial charge in [0.05, 0.1) is 0 Å². The van der Waals surface area contributed by atoms with Gasteiger partial charge in [0.1, 0.15) is 0 Å². The summed E-state index contributed by atoms with van der Waals surface area (Å²) in [4.78, 5) is 0. The zero-order chi connectivity index (χ0) is 15.2. The SMILES string of the molecule is Cc1c(Br)cc(C(F)(C(F)(F)F)C(F)(F)F)cc1Br. The highest BCUT2D eigenvalue weighted by Gasteiger charge is 2.73. The van der Waals surface area contributed by atoms with E-state index in [1.54, 1.807) is 0 Å². The van der Waals surface area contributed by atoms with Crippen molar-refractivity contribution in [2.45, 2.75) is 24.9 Å². The standard InChI is InChI=1S/C10H5Br2F7/c1-4-6(11)2-5(3-7(4)12)8(13,9(14,15)16)10(17,18)19/h2-3H,1H3. The summed E-state index contributed by atoms with van der Waals surface area (Å²) in [6.45, 7) is 1.44. The number of benzene rings is 1. The molecule has 0 aromatic heterocycles.